The van der Waals surface area contributed by atoms with Crippen LogP contribution in [0.25, 0.3) is 0 Å². The van der Waals surface area contributed by atoms with E-state index in [0.717, 1.165) is 29.9 Å². The molecule has 0 saturated heterocycles. The number of anilines is 2. The fourth-order valence-corrected chi connectivity index (χ4v) is 3.64. The topological polar surface area (TPSA) is 79.8 Å². The van der Waals surface area contributed by atoms with Crippen LogP contribution in [0.15, 0.2) is 24.5 Å². The molecule has 0 unspecified atom stereocenters. The van der Waals surface area contributed by atoms with Crippen LogP contribution in [0.1, 0.15) is 49.4 Å². The minimum absolute atomic E-state index is 0.0274. The van der Waals surface area contributed by atoms with E-state index in [0.29, 0.717) is 17.9 Å². The van der Waals surface area contributed by atoms with Gasteiger partial charge >= 0.3 is 0 Å². The highest BCUT2D eigenvalue weighted by Crippen LogP contribution is 2.46. The average molecular weight is 323 g/mol. The van der Waals surface area contributed by atoms with Gasteiger partial charge < -0.3 is 10.6 Å². The maximum Gasteiger partial charge on any atom is 0.235 e. The molecule has 4 rings (SSSR count). The average Bonchev–Trinajstić information content (AvgIpc) is 2.73. The molecule has 2 aromatic rings. The number of nitrogens with one attached hydrogen (secondary N) is 2. The first-order valence-corrected chi connectivity index (χ1v) is 8.32. The third-order valence-corrected chi connectivity index (χ3v) is 5.11. The highest BCUT2D eigenvalue weighted by molar-refractivity contribution is 6.05. The monoisotopic (exact) mass is 323 g/mol. The van der Waals surface area contributed by atoms with E-state index in [2.05, 4.69) is 31.7 Å². The van der Waals surface area contributed by atoms with E-state index >= 15 is 0 Å². The molecule has 6 nitrogen and oxygen atoms in total. The molecule has 2 aromatic heterocycles. The van der Waals surface area contributed by atoms with Gasteiger partial charge in [-0.25, -0.2) is 15.0 Å². The lowest BCUT2D eigenvalue weighted by atomic mass is 9.71. The SMILES string of the molecule is Cc1ccnc(NC2CC(c3ccnc4c3C(C)(C)C(=O)N4)C2)n1. The second-order valence-electron chi connectivity index (χ2n) is 7.23. The van der Waals surface area contributed by atoms with E-state index in [9.17, 15) is 4.79 Å². The first-order chi connectivity index (χ1) is 11.4. The van der Waals surface area contributed by atoms with Gasteiger partial charge in [-0.1, -0.05) is 0 Å². The summed E-state index contributed by atoms with van der Waals surface area (Å²) in [5.74, 6) is 1.88. The lowest BCUT2D eigenvalue weighted by Crippen LogP contribution is -2.36. The number of carbonyl (C=O) groups is 1. The zero-order valence-electron chi connectivity index (χ0n) is 14.1. The van der Waals surface area contributed by atoms with E-state index in [1.807, 2.05) is 26.8 Å². The molecule has 124 valence electrons. The van der Waals surface area contributed by atoms with Gasteiger partial charge in [0.2, 0.25) is 11.9 Å². The Bertz CT molecular complexity index is 811. The summed E-state index contributed by atoms with van der Waals surface area (Å²) in [5.41, 5.74) is 2.75. The summed E-state index contributed by atoms with van der Waals surface area (Å²) >= 11 is 0. The smallest absolute Gasteiger partial charge is 0.235 e. The highest BCUT2D eigenvalue weighted by atomic mass is 16.2. The Kier molecular flexibility index (Phi) is 3.30. The summed E-state index contributed by atoms with van der Waals surface area (Å²) in [6.07, 6.45) is 5.59. The van der Waals surface area contributed by atoms with Crippen molar-refractivity contribution in [3.63, 3.8) is 0 Å². The summed E-state index contributed by atoms with van der Waals surface area (Å²) in [4.78, 5) is 25.2. The van der Waals surface area contributed by atoms with E-state index in [1.165, 1.54) is 5.56 Å². The van der Waals surface area contributed by atoms with Gasteiger partial charge in [0.1, 0.15) is 5.82 Å². The molecule has 3 heterocycles. The summed E-state index contributed by atoms with van der Waals surface area (Å²) in [5, 5.41) is 6.30. The van der Waals surface area contributed by atoms with Gasteiger partial charge in [0, 0.05) is 29.7 Å². The molecular weight excluding hydrogens is 302 g/mol. The Morgan fingerprint density at radius 1 is 1.21 bits per heavy atom. The molecule has 0 radical (unpaired) electrons. The number of hydrogen-bond acceptors (Lipinski definition) is 5. The van der Waals surface area contributed by atoms with Crippen molar-refractivity contribution in [2.45, 2.75) is 51.0 Å². The molecule has 1 aliphatic carbocycles. The van der Waals surface area contributed by atoms with Crippen LogP contribution < -0.4 is 10.6 Å². The van der Waals surface area contributed by atoms with Gasteiger partial charge in [0.15, 0.2) is 0 Å². The Morgan fingerprint density at radius 3 is 2.71 bits per heavy atom. The fourth-order valence-electron chi connectivity index (χ4n) is 3.64. The molecule has 2 N–H and O–H groups in total. The van der Waals surface area contributed by atoms with E-state index < -0.39 is 5.41 Å². The van der Waals surface area contributed by atoms with Gasteiger partial charge in [0.25, 0.3) is 0 Å². The van der Waals surface area contributed by atoms with Crippen molar-refractivity contribution >= 4 is 17.7 Å². The van der Waals surface area contributed by atoms with E-state index in [1.54, 1.807) is 12.4 Å². The zero-order chi connectivity index (χ0) is 16.9. The number of carbonyl (C=O) groups excluding carboxylic acids is 1. The van der Waals surface area contributed by atoms with Gasteiger partial charge in [-0.15, -0.1) is 0 Å². The fraction of sp³-hybridized carbons (Fsp3) is 0.444. The molecule has 2 aliphatic rings. The molecular formula is C18H21N5O. The number of aryl methyl sites for hydroxylation is 1. The standard InChI is InChI=1S/C18H21N5O/c1-10-4-6-20-17(21-10)22-12-8-11(9-12)13-5-7-19-15-14(13)18(2,3)16(24)23-15/h4-7,11-12H,8-9H2,1-3H3,(H,19,23,24)(H,20,21,22). The Morgan fingerprint density at radius 2 is 1.96 bits per heavy atom. The van der Waals surface area contributed by atoms with Crippen molar-refractivity contribution in [2.75, 3.05) is 10.6 Å². The zero-order valence-corrected chi connectivity index (χ0v) is 14.1. The van der Waals surface area contributed by atoms with E-state index in [-0.39, 0.29) is 5.91 Å². The van der Waals surface area contributed by atoms with Crippen molar-refractivity contribution in [1.82, 2.24) is 15.0 Å². The van der Waals surface area contributed by atoms with Gasteiger partial charge in [-0.05, 0) is 57.2 Å². The first kappa shape index (κ1) is 15.1. The molecule has 0 atom stereocenters. The maximum atomic E-state index is 12.2. The van der Waals surface area contributed by atoms with Crippen LogP contribution >= 0.6 is 0 Å². The van der Waals surface area contributed by atoms with Crippen molar-refractivity contribution in [3.8, 4) is 0 Å². The molecule has 0 aromatic carbocycles. The Hall–Kier alpha value is -2.50. The second-order valence-corrected chi connectivity index (χ2v) is 7.23. The predicted molar refractivity (Wildman–Crippen MR) is 92.0 cm³/mol. The van der Waals surface area contributed by atoms with Gasteiger partial charge in [0.05, 0.1) is 5.41 Å². The number of pyridine rings is 1. The Balaban J connectivity index is 1.51. The lowest BCUT2D eigenvalue weighted by molar-refractivity contribution is -0.119. The highest BCUT2D eigenvalue weighted by Gasteiger charge is 2.44. The summed E-state index contributed by atoms with van der Waals surface area (Å²) in [6.45, 7) is 5.89. The lowest BCUT2D eigenvalue weighted by Gasteiger charge is -2.38. The molecule has 0 bridgehead atoms. The van der Waals surface area contributed by atoms with Gasteiger partial charge in [-0.3, -0.25) is 4.79 Å². The van der Waals surface area contributed by atoms with Crippen molar-refractivity contribution in [2.24, 2.45) is 0 Å². The molecule has 1 fully saturated rings. The first-order valence-electron chi connectivity index (χ1n) is 8.32. The summed E-state index contributed by atoms with van der Waals surface area (Å²) in [7, 11) is 0. The van der Waals surface area contributed by atoms with Crippen LogP contribution in [0.5, 0.6) is 0 Å². The van der Waals surface area contributed by atoms with Crippen LogP contribution in [-0.2, 0) is 10.2 Å². The number of fused-ring (bicyclic) bond motifs is 1. The molecule has 1 amide bonds. The minimum Gasteiger partial charge on any atom is -0.351 e. The molecule has 1 aliphatic heterocycles. The normalized spacial score (nSPS) is 24.0. The summed E-state index contributed by atoms with van der Waals surface area (Å²) in [6, 6.07) is 4.32. The minimum atomic E-state index is -0.517. The van der Waals surface area contributed by atoms with Crippen molar-refractivity contribution in [3.05, 3.63) is 41.3 Å². The molecule has 24 heavy (non-hydrogen) atoms. The van der Waals surface area contributed by atoms with Crippen LogP contribution in [0.3, 0.4) is 0 Å². The molecule has 1 saturated carbocycles. The van der Waals surface area contributed by atoms with Crippen molar-refractivity contribution in [1.29, 1.82) is 0 Å². The molecule has 6 heteroatoms. The number of aromatic nitrogens is 3. The molecule has 0 spiro atoms. The number of rotatable bonds is 3. The van der Waals surface area contributed by atoms with Crippen LogP contribution in [0, 0.1) is 6.92 Å². The van der Waals surface area contributed by atoms with Gasteiger partial charge in [-0.2, -0.15) is 0 Å². The van der Waals surface area contributed by atoms with Crippen molar-refractivity contribution < 1.29 is 4.79 Å². The number of amides is 1. The third-order valence-electron chi connectivity index (χ3n) is 5.11. The van der Waals surface area contributed by atoms with Crippen LogP contribution in [-0.4, -0.2) is 26.9 Å². The number of nitrogens with zero attached hydrogens (tertiary/aromatic N) is 3. The maximum absolute atomic E-state index is 12.2. The number of hydrogen-bond donors (Lipinski definition) is 2. The summed E-state index contributed by atoms with van der Waals surface area (Å²) < 4.78 is 0. The second kappa shape index (κ2) is 5.26. The quantitative estimate of drug-likeness (QED) is 0.908. The van der Waals surface area contributed by atoms with E-state index in [4.69, 9.17) is 0 Å². The largest absolute Gasteiger partial charge is 0.351 e. The van der Waals surface area contributed by atoms with Crippen LogP contribution in [0.2, 0.25) is 0 Å². The third kappa shape index (κ3) is 2.33. The van der Waals surface area contributed by atoms with Crippen LogP contribution in [0.4, 0.5) is 11.8 Å². The Labute approximate surface area is 141 Å². The predicted octanol–water partition coefficient (Wildman–Crippen LogP) is 2.77.